The topological polar surface area (TPSA) is 59.6 Å². The third-order valence-electron chi connectivity index (χ3n) is 4.03. The van der Waals surface area contributed by atoms with Gasteiger partial charge in [-0.1, -0.05) is 0 Å². The van der Waals surface area contributed by atoms with Gasteiger partial charge in [0, 0.05) is 5.41 Å². The minimum absolute atomic E-state index is 0.0458. The van der Waals surface area contributed by atoms with Crippen LogP contribution in [0.1, 0.15) is 40.5 Å². The van der Waals surface area contributed by atoms with Gasteiger partial charge in [-0.25, -0.2) is 4.79 Å². The lowest BCUT2D eigenvalue weighted by Crippen LogP contribution is -2.54. The molecular formula is C14H26N2O3. The summed E-state index contributed by atoms with van der Waals surface area (Å²) in [6, 6.07) is 0.0458. The lowest BCUT2D eigenvalue weighted by molar-refractivity contribution is 0.0431. The van der Waals surface area contributed by atoms with Crippen molar-refractivity contribution in [1.82, 2.24) is 10.6 Å². The molecule has 1 spiro atoms. The first-order valence-electron chi connectivity index (χ1n) is 7.14. The molecule has 2 atom stereocenters. The first kappa shape index (κ1) is 14.6. The molecule has 0 aromatic carbocycles. The van der Waals surface area contributed by atoms with Gasteiger partial charge in [-0.2, -0.15) is 0 Å². The molecule has 19 heavy (non-hydrogen) atoms. The van der Waals surface area contributed by atoms with Crippen LogP contribution >= 0.6 is 0 Å². The van der Waals surface area contributed by atoms with E-state index in [0.29, 0.717) is 0 Å². The van der Waals surface area contributed by atoms with Crippen LogP contribution < -0.4 is 10.6 Å². The summed E-state index contributed by atoms with van der Waals surface area (Å²) in [5.41, 5.74) is -0.393. The predicted molar refractivity (Wildman–Crippen MR) is 73.1 cm³/mol. The van der Waals surface area contributed by atoms with Crippen LogP contribution in [0.15, 0.2) is 0 Å². The Bertz CT molecular complexity index is 327. The number of carbonyl (C=O) groups is 1. The summed E-state index contributed by atoms with van der Waals surface area (Å²) in [6.07, 6.45) is 1.79. The number of hydrogen-bond donors (Lipinski definition) is 2. The molecule has 0 radical (unpaired) electrons. The van der Waals surface area contributed by atoms with E-state index in [-0.39, 0.29) is 23.7 Å². The van der Waals surface area contributed by atoms with Crippen molar-refractivity contribution in [3.63, 3.8) is 0 Å². The Morgan fingerprint density at radius 1 is 1.37 bits per heavy atom. The zero-order valence-electron chi connectivity index (χ0n) is 12.4. The molecule has 0 aromatic rings. The van der Waals surface area contributed by atoms with Crippen LogP contribution in [0.4, 0.5) is 4.79 Å². The first-order chi connectivity index (χ1) is 8.82. The van der Waals surface area contributed by atoms with Crippen LogP contribution in [-0.4, -0.2) is 43.5 Å². The molecular weight excluding hydrogens is 244 g/mol. The maximum absolute atomic E-state index is 12.0. The molecule has 2 saturated heterocycles. The molecule has 2 heterocycles. The van der Waals surface area contributed by atoms with E-state index in [2.05, 4.69) is 10.6 Å². The van der Waals surface area contributed by atoms with Gasteiger partial charge in [-0.3, -0.25) is 0 Å². The van der Waals surface area contributed by atoms with E-state index in [0.717, 1.165) is 32.5 Å². The maximum atomic E-state index is 12.0. The van der Waals surface area contributed by atoms with Crippen LogP contribution in [0, 0.1) is 5.41 Å². The fourth-order valence-electron chi connectivity index (χ4n) is 3.07. The van der Waals surface area contributed by atoms with Crippen LogP contribution in [0.2, 0.25) is 0 Å². The van der Waals surface area contributed by atoms with Gasteiger partial charge < -0.3 is 20.1 Å². The molecule has 110 valence electrons. The number of piperidine rings is 1. The Balaban J connectivity index is 2.01. The molecule has 0 aromatic heterocycles. The van der Waals surface area contributed by atoms with Gasteiger partial charge in [0.15, 0.2) is 0 Å². The van der Waals surface area contributed by atoms with E-state index < -0.39 is 5.60 Å². The zero-order valence-corrected chi connectivity index (χ0v) is 12.4. The van der Waals surface area contributed by atoms with Crippen molar-refractivity contribution in [3.8, 4) is 0 Å². The number of nitrogens with one attached hydrogen (secondary N) is 2. The molecule has 2 aliphatic rings. The summed E-state index contributed by atoms with van der Waals surface area (Å²) in [6.45, 7) is 10.4. The summed E-state index contributed by atoms with van der Waals surface area (Å²) in [5.74, 6) is 0. The minimum Gasteiger partial charge on any atom is -0.444 e. The Hall–Kier alpha value is -0.810. The Labute approximate surface area is 115 Å². The summed E-state index contributed by atoms with van der Waals surface area (Å²) in [7, 11) is 0. The van der Waals surface area contributed by atoms with Crippen LogP contribution in [0.25, 0.3) is 0 Å². The normalized spacial score (nSPS) is 30.3. The molecule has 2 fully saturated rings. The highest BCUT2D eigenvalue weighted by Crippen LogP contribution is 2.40. The van der Waals surface area contributed by atoms with Crippen LogP contribution in [0.5, 0.6) is 0 Å². The lowest BCUT2D eigenvalue weighted by atomic mass is 9.73. The molecule has 0 saturated carbocycles. The van der Waals surface area contributed by atoms with Gasteiger partial charge in [-0.05, 0) is 53.6 Å². The summed E-state index contributed by atoms with van der Waals surface area (Å²) in [5, 5.41) is 6.40. The number of rotatable bonds is 1. The zero-order chi connectivity index (χ0) is 14.1. The molecule has 0 aliphatic carbocycles. The van der Waals surface area contributed by atoms with Crippen molar-refractivity contribution in [1.29, 1.82) is 0 Å². The Morgan fingerprint density at radius 2 is 2.00 bits per heavy atom. The van der Waals surface area contributed by atoms with E-state index in [1.54, 1.807) is 0 Å². The van der Waals surface area contributed by atoms with Gasteiger partial charge in [-0.15, -0.1) is 0 Å². The smallest absolute Gasteiger partial charge is 0.407 e. The van der Waals surface area contributed by atoms with Crippen molar-refractivity contribution in [2.75, 3.05) is 19.7 Å². The monoisotopic (exact) mass is 270 g/mol. The van der Waals surface area contributed by atoms with Crippen molar-refractivity contribution in [2.24, 2.45) is 5.41 Å². The molecule has 2 aliphatic heterocycles. The highest BCUT2D eigenvalue weighted by atomic mass is 16.6. The molecule has 2 rings (SSSR count). The standard InChI is InChI=1S/C14H26N2O3/c1-10-11(16-12(17)19-13(2,3)4)14(9-18-10)5-7-15-8-6-14/h10-11,15H,5-9H2,1-4H3,(H,16,17). The van der Waals surface area contributed by atoms with E-state index in [1.165, 1.54) is 0 Å². The largest absolute Gasteiger partial charge is 0.444 e. The minimum atomic E-state index is -0.464. The van der Waals surface area contributed by atoms with E-state index >= 15 is 0 Å². The summed E-state index contributed by atoms with van der Waals surface area (Å²) < 4.78 is 11.2. The number of alkyl carbamates (subject to hydrolysis) is 1. The number of carbonyl (C=O) groups excluding carboxylic acids is 1. The van der Waals surface area contributed by atoms with Gasteiger partial charge in [0.2, 0.25) is 0 Å². The second-order valence-corrected chi connectivity index (χ2v) is 6.75. The number of amides is 1. The van der Waals surface area contributed by atoms with Crippen molar-refractivity contribution in [3.05, 3.63) is 0 Å². The fourth-order valence-corrected chi connectivity index (χ4v) is 3.07. The van der Waals surface area contributed by atoms with Gasteiger partial charge in [0.1, 0.15) is 5.60 Å². The van der Waals surface area contributed by atoms with E-state index in [1.807, 2.05) is 27.7 Å². The Morgan fingerprint density at radius 3 is 2.58 bits per heavy atom. The third-order valence-corrected chi connectivity index (χ3v) is 4.03. The SMILES string of the molecule is CC1OCC2(CCNCC2)C1NC(=O)OC(C)(C)C. The fraction of sp³-hybridized carbons (Fsp3) is 0.929. The van der Waals surface area contributed by atoms with Gasteiger partial charge in [0.05, 0.1) is 18.8 Å². The predicted octanol–water partition coefficient (Wildman–Crippen LogP) is 1.67. The van der Waals surface area contributed by atoms with Gasteiger partial charge >= 0.3 is 6.09 Å². The molecule has 2 unspecified atom stereocenters. The number of hydrogen-bond acceptors (Lipinski definition) is 4. The second-order valence-electron chi connectivity index (χ2n) is 6.75. The highest BCUT2D eigenvalue weighted by molar-refractivity contribution is 5.68. The molecule has 1 amide bonds. The average molecular weight is 270 g/mol. The van der Waals surface area contributed by atoms with Crippen molar-refractivity contribution >= 4 is 6.09 Å². The molecule has 5 nitrogen and oxygen atoms in total. The molecule has 2 N–H and O–H groups in total. The second kappa shape index (κ2) is 5.29. The van der Waals surface area contributed by atoms with Crippen LogP contribution in [0.3, 0.4) is 0 Å². The first-order valence-corrected chi connectivity index (χ1v) is 7.14. The van der Waals surface area contributed by atoms with Crippen molar-refractivity contribution in [2.45, 2.75) is 58.3 Å². The van der Waals surface area contributed by atoms with E-state index in [9.17, 15) is 4.79 Å². The van der Waals surface area contributed by atoms with Crippen LogP contribution in [-0.2, 0) is 9.47 Å². The quantitative estimate of drug-likeness (QED) is 0.761. The summed E-state index contributed by atoms with van der Waals surface area (Å²) >= 11 is 0. The molecule has 0 bridgehead atoms. The lowest BCUT2D eigenvalue weighted by Gasteiger charge is -2.38. The molecule has 5 heteroatoms. The summed E-state index contributed by atoms with van der Waals surface area (Å²) in [4.78, 5) is 12.0. The highest BCUT2D eigenvalue weighted by Gasteiger charge is 2.49. The van der Waals surface area contributed by atoms with Gasteiger partial charge in [0.25, 0.3) is 0 Å². The average Bonchev–Trinajstić information content (AvgIpc) is 2.57. The Kier molecular flexibility index (Phi) is 4.06. The third kappa shape index (κ3) is 3.39. The maximum Gasteiger partial charge on any atom is 0.407 e. The van der Waals surface area contributed by atoms with Crippen molar-refractivity contribution < 1.29 is 14.3 Å². The number of ether oxygens (including phenoxy) is 2. The van der Waals surface area contributed by atoms with E-state index in [4.69, 9.17) is 9.47 Å².